The Kier molecular flexibility index (Phi) is 6.16. The number of carbonyl (C=O) groups excluding carboxylic acids is 2. The molecule has 5 nitrogen and oxygen atoms in total. The van der Waals surface area contributed by atoms with Gasteiger partial charge in [-0.2, -0.15) is 0 Å². The Balaban J connectivity index is 1.98. The number of aryl methyl sites for hydroxylation is 1. The fraction of sp³-hybridized carbons (Fsp3) is 0.556. The van der Waals surface area contributed by atoms with Crippen LogP contribution in [0.15, 0.2) is 18.2 Å². The Labute approximate surface area is 138 Å². The molecule has 1 saturated heterocycles. The minimum atomic E-state index is -0.146. The third-order valence-electron chi connectivity index (χ3n) is 4.46. The Bertz CT molecular complexity index is 565. The van der Waals surface area contributed by atoms with Gasteiger partial charge in [-0.25, -0.2) is 0 Å². The molecule has 1 aromatic rings. The fourth-order valence-electron chi connectivity index (χ4n) is 3.13. The standard InChI is InChI=1S/C18H27N3O2/c1-12-4-5-16(20-14(3)22)17(10-12)21-18(23)11-13(2)15-6-8-19-9-7-15/h4-5,10,13,15,19H,6-9,11H2,1-3H3,(H,20,22)(H,21,23). The molecule has 3 N–H and O–H groups in total. The highest BCUT2D eigenvalue weighted by molar-refractivity contribution is 5.99. The average molecular weight is 317 g/mol. The summed E-state index contributed by atoms with van der Waals surface area (Å²) in [7, 11) is 0. The van der Waals surface area contributed by atoms with E-state index in [1.807, 2.05) is 25.1 Å². The van der Waals surface area contributed by atoms with E-state index in [0.717, 1.165) is 31.5 Å². The van der Waals surface area contributed by atoms with Crippen molar-refractivity contribution in [1.29, 1.82) is 0 Å². The molecule has 1 fully saturated rings. The highest BCUT2D eigenvalue weighted by atomic mass is 16.2. The number of benzene rings is 1. The maximum absolute atomic E-state index is 12.4. The van der Waals surface area contributed by atoms with Gasteiger partial charge in [0.1, 0.15) is 0 Å². The molecule has 0 radical (unpaired) electrons. The van der Waals surface area contributed by atoms with Crippen LogP contribution >= 0.6 is 0 Å². The van der Waals surface area contributed by atoms with Crippen molar-refractivity contribution in [3.05, 3.63) is 23.8 Å². The molecule has 0 saturated carbocycles. The molecule has 1 aliphatic heterocycles. The minimum absolute atomic E-state index is 0.00762. The van der Waals surface area contributed by atoms with Crippen LogP contribution in [0.1, 0.15) is 38.7 Å². The number of nitrogens with one attached hydrogen (secondary N) is 3. The van der Waals surface area contributed by atoms with Crippen LogP contribution in [0.4, 0.5) is 11.4 Å². The molecule has 1 unspecified atom stereocenters. The summed E-state index contributed by atoms with van der Waals surface area (Å²) < 4.78 is 0. The predicted molar refractivity (Wildman–Crippen MR) is 93.5 cm³/mol. The molecule has 0 aromatic heterocycles. The van der Waals surface area contributed by atoms with Crippen molar-refractivity contribution in [2.45, 2.75) is 40.0 Å². The molecule has 23 heavy (non-hydrogen) atoms. The smallest absolute Gasteiger partial charge is 0.224 e. The van der Waals surface area contributed by atoms with Gasteiger partial charge in [0.15, 0.2) is 0 Å². The number of rotatable bonds is 5. The van der Waals surface area contributed by atoms with E-state index in [9.17, 15) is 9.59 Å². The third-order valence-corrected chi connectivity index (χ3v) is 4.46. The quantitative estimate of drug-likeness (QED) is 0.782. The number of amides is 2. The minimum Gasteiger partial charge on any atom is -0.325 e. The van der Waals surface area contributed by atoms with E-state index in [2.05, 4.69) is 22.9 Å². The van der Waals surface area contributed by atoms with Crippen LogP contribution in [0.25, 0.3) is 0 Å². The van der Waals surface area contributed by atoms with E-state index in [4.69, 9.17) is 0 Å². The SMILES string of the molecule is CC(=O)Nc1ccc(C)cc1NC(=O)CC(C)C1CCNCC1. The van der Waals surface area contributed by atoms with Gasteiger partial charge in [0.25, 0.3) is 0 Å². The molecule has 0 bridgehead atoms. The van der Waals surface area contributed by atoms with Gasteiger partial charge in [0.2, 0.25) is 11.8 Å². The monoisotopic (exact) mass is 317 g/mol. The molecule has 0 spiro atoms. The maximum Gasteiger partial charge on any atom is 0.224 e. The van der Waals surface area contributed by atoms with Gasteiger partial charge < -0.3 is 16.0 Å². The van der Waals surface area contributed by atoms with Crippen molar-refractivity contribution in [2.24, 2.45) is 11.8 Å². The van der Waals surface area contributed by atoms with Crippen molar-refractivity contribution in [3.63, 3.8) is 0 Å². The van der Waals surface area contributed by atoms with Gasteiger partial charge in [0, 0.05) is 13.3 Å². The van der Waals surface area contributed by atoms with Gasteiger partial charge in [-0.15, -0.1) is 0 Å². The number of carbonyl (C=O) groups is 2. The summed E-state index contributed by atoms with van der Waals surface area (Å²) in [6.07, 6.45) is 2.78. The number of piperidine rings is 1. The second-order valence-corrected chi connectivity index (χ2v) is 6.55. The molecule has 2 rings (SSSR count). The first-order valence-corrected chi connectivity index (χ1v) is 8.34. The predicted octanol–water partition coefficient (Wildman–Crippen LogP) is 2.92. The Hall–Kier alpha value is -1.88. The van der Waals surface area contributed by atoms with Crippen LogP contribution in [-0.2, 0) is 9.59 Å². The zero-order valence-electron chi connectivity index (χ0n) is 14.2. The summed E-state index contributed by atoms with van der Waals surface area (Å²) in [6.45, 7) is 7.67. The highest BCUT2D eigenvalue weighted by Crippen LogP contribution is 2.27. The second kappa shape index (κ2) is 8.11. The molecular formula is C18H27N3O2. The maximum atomic E-state index is 12.4. The van der Waals surface area contributed by atoms with E-state index in [1.54, 1.807) is 0 Å². The van der Waals surface area contributed by atoms with Crippen molar-refractivity contribution in [3.8, 4) is 0 Å². The van der Waals surface area contributed by atoms with Gasteiger partial charge in [-0.1, -0.05) is 13.0 Å². The zero-order chi connectivity index (χ0) is 16.8. The summed E-state index contributed by atoms with van der Waals surface area (Å²) in [4.78, 5) is 23.7. The summed E-state index contributed by atoms with van der Waals surface area (Å²) in [5.41, 5.74) is 2.36. The lowest BCUT2D eigenvalue weighted by Crippen LogP contribution is -2.32. The molecule has 2 amide bonds. The van der Waals surface area contributed by atoms with E-state index in [0.29, 0.717) is 29.6 Å². The van der Waals surface area contributed by atoms with Crippen molar-refractivity contribution >= 4 is 23.2 Å². The largest absolute Gasteiger partial charge is 0.325 e. The van der Waals surface area contributed by atoms with Crippen LogP contribution in [0, 0.1) is 18.8 Å². The van der Waals surface area contributed by atoms with Crippen LogP contribution < -0.4 is 16.0 Å². The summed E-state index contributed by atoms with van der Waals surface area (Å²) in [6, 6.07) is 5.62. The van der Waals surface area contributed by atoms with E-state index in [1.165, 1.54) is 6.92 Å². The Morgan fingerprint density at radius 2 is 1.91 bits per heavy atom. The van der Waals surface area contributed by atoms with E-state index >= 15 is 0 Å². The molecule has 1 atom stereocenters. The Morgan fingerprint density at radius 1 is 1.22 bits per heavy atom. The summed E-state index contributed by atoms with van der Waals surface area (Å²) in [5, 5.41) is 9.07. The lowest BCUT2D eigenvalue weighted by molar-refractivity contribution is -0.117. The molecule has 1 aromatic carbocycles. The van der Waals surface area contributed by atoms with Crippen molar-refractivity contribution in [2.75, 3.05) is 23.7 Å². The number of anilines is 2. The molecule has 0 aliphatic carbocycles. The number of hydrogen-bond donors (Lipinski definition) is 3. The van der Waals surface area contributed by atoms with Crippen molar-refractivity contribution < 1.29 is 9.59 Å². The van der Waals surface area contributed by atoms with Crippen LogP contribution in [0.2, 0.25) is 0 Å². The Morgan fingerprint density at radius 3 is 2.57 bits per heavy atom. The molecule has 1 heterocycles. The first-order valence-electron chi connectivity index (χ1n) is 8.34. The topological polar surface area (TPSA) is 70.2 Å². The first kappa shape index (κ1) is 17.5. The summed E-state index contributed by atoms with van der Waals surface area (Å²) in [5.74, 6) is 0.834. The van der Waals surface area contributed by atoms with E-state index < -0.39 is 0 Å². The molecular weight excluding hydrogens is 290 g/mol. The lowest BCUT2D eigenvalue weighted by Gasteiger charge is -2.28. The highest BCUT2D eigenvalue weighted by Gasteiger charge is 2.22. The van der Waals surface area contributed by atoms with Gasteiger partial charge in [-0.05, 0) is 62.4 Å². The third kappa shape index (κ3) is 5.36. The fourth-order valence-corrected chi connectivity index (χ4v) is 3.13. The lowest BCUT2D eigenvalue weighted by atomic mass is 9.84. The van der Waals surface area contributed by atoms with Crippen LogP contribution in [0.5, 0.6) is 0 Å². The van der Waals surface area contributed by atoms with E-state index in [-0.39, 0.29) is 11.8 Å². The first-order chi connectivity index (χ1) is 11.0. The van der Waals surface area contributed by atoms with Crippen LogP contribution in [-0.4, -0.2) is 24.9 Å². The van der Waals surface area contributed by atoms with Crippen molar-refractivity contribution in [1.82, 2.24) is 5.32 Å². The van der Waals surface area contributed by atoms with Gasteiger partial charge in [-0.3, -0.25) is 9.59 Å². The van der Waals surface area contributed by atoms with Crippen LogP contribution in [0.3, 0.4) is 0 Å². The molecule has 1 aliphatic rings. The second-order valence-electron chi connectivity index (χ2n) is 6.55. The molecule has 5 heteroatoms. The normalized spacial score (nSPS) is 16.7. The number of hydrogen-bond acceptors (Lipinski definition) is 3. The van der Waals surface area contributed by atoms with Gasteiger partial charge in [0.05, 0.1) is 11.4 Å². The average Bonchev–Trinajstić information content (AvgIpc) is 2.50. The molecule has 126 valence electrons. The summed E-state index contributed by atoms with van der Waals surface area (Å²) >= 11 is 0. The zero-order valence-corrected chi connectivity index (χ0v) is 14.2. The van der Waals surface area contributed by atoms with Gasteiger partial charge >= 0.3 is 0 Å².